The molecule has 1 aromatic rings. The summed E-state index contributed by atoms with van der Waals surface area (Å²) >= 11 is 0. The molecule has 18 heavy (non-hydrogen) atoms. The van der Waals surface area contributed by atoms with Crippen molar-refractivity contribution in [2.45, 2.75) is 32.1 Å². The van der Waals surface area contributed by atoms with Crippen molar-refractivity contribution in [3.63, 3.8) is 0 Å². The molecule has 5 nitrogen and oxygen atoms in total. The molecule has 0 bridgehead atoms. The van der Waals surface area contributed by atoms with Gasteiger partial charge in [0.05, 0.1) is 9.30 Å². The summed E-state index contributed by atoms with van der Waals surface area (Å²) in [7, 11) is 0. The lowest BCUT2D eigenvalue weighted by molar-refractivity contribution is 0.191. The Balaban J connectivity index is 1.56. The Morgan fingerprint density at radius 2 is 2.22 bits per heavy atom. The van der Waals surface area contributed by atoms with Gasteiger partial charge in [0.2, 0.25) is 5.88 Å². The van der Waals surface area contributed by atoms with Crippen LogP contribution in [-0.4, -0.2) is 27.5 Å². The zero-order chi connectivity index (χ0) is 16.0. The minimum Gasteiger partial charge on any atom is -0.477 e. The van der Waals surface area contributed by atoms with E-state index < -0.39 is 19.0 Å². The molecule has 5 heteroatoms. The highest BCUT2D eigenvalue weighted by Gasteiger charge is 2.85. The number of hydrogen-bond donors (Lipinski definition) is 1. The van der Waals surface area contributed by atoms with E-state index in [1.54, 1.807) is 0 Å². The normalized spacial score (nSPS) is 30.2. The number of carbonyl (C=O) groups is 1. The Bertz CT molecular complexity index is 646. The molecule has 96 valence electrons. The van der Waals surface area contributed by atoms with Gasteiger partial charge in [0, 0.05) is 15.0 Å². The van der Waals surface area contributed by atoms with E-state index in [1.807, 2.05) is 0 Å². The summed E-state index contributed by atoms with van der Waals surface area (Å²) in [4.78, 5) is 10.8. The molecular formula is C13H16N2O3. The topological polar surface area (TPSA) is 64.3 Å². The van der Waals surface area contributed by atoms with E-state index >= 15 is 0 Å². The van der Waals surface area contributed by atoms with Gasteiger partial charge < -0.3 is 9.84 Å². The van der Waals surface area contributed by atoms with E-state index in [0.717, 1.165) is 31.9 Å². The molecule has 0 radical (unpaired) electrons. The zero-order valence-corrected chi connectivity index (χ0v) is 9.72. The maximum Gasteiger partial charge on any atom is 0.432 e. The van der Waals surface area contributed by atoms with Crippen molar-refractivity contribution in [2.24, 2.45) is 16.7 Å². The van der Waals surface area contributed by atoms with Crippen LogP contribution in [-0.2, 0) is 0 Å². The van der Waals surface area contributed by atoms with Crippen LogP contribution in [0.5, 0.6) is 5.88 Å². The Morgan fingerprint density at radius 1 is 1.56 bits per heavy atom. The van der Waals surface area contributed by atoms with E-state index in [-0.39, 0.29) is 22.6 Å². The first-order valence-electron chi connectivity index (χ1n) is 8.14. The van der Waals surface area contributed by atoms with Crippen molar-refractivity contribution in [3.8, 4) is 5.88 Å². The third kappa shape index (κ3) is 1.22. The minimum absolute atomic E-state index is 0.00631. The Kier molecular flexibility index (Phi) is 1.22. The summed E-state index contributed by atoms with van der Waals surface area (Å²) in [6.07, 6.45) is 1.58. The number of hydrogen-bond acceptors (Lipinski definition) is 3. The molecule has 0 aliphatic heterocycles. The summed E-state index contributed by atoms with van der Waals surface area (Å²) in [6, 6.07) is 1.22. The fourth-order valence-corrected chi connectivity index (χ4v) is 3.47. The molecular weight excluding hydrogens is 232 g/mol. The van der Waals surface area contributed by atoms with Gasteiger partial charge in [-0.05, 0) is 48.8 Å². The van der Waals surface area contributed by atoms with Crippen molar-refractivity contribution < 1.29 is 20.1 Å². The lowest BCUT2D eigenvalue weighted by atomic mass is 10.2. The molecule has 1 aromatic heterocycles. The number of fused-ring (bicyclic) bond motifs is 1. The van der Waals surface area contributed by atoms with Crippen LogP contribution in [0.1, 0.15) is 37.5 Å². The fraction of sp³-hybridized carbons (Fsp3) is 0.692. The Hall–Kier alpha value is -1.52. The van der Waals surface area contributed by atoms with Gasteiger partial charge >= 0.3 is 6.09 Å². The second-order valence-electron chi connectivity index (χ2n) is 5.47. The van der Waals surface area contributed by atoms with E-state index in [2.05, 4.69) is 5.10 Å². The highest BCUT2D eigenvalue weighted by molar-refractivity contribution is 5.66. The molecule has 0 unspecified atom stereocenters. The molecule has 1 N–H and O–H groups in total. The third-order valence-corrected chi connectivity index (χ3v) is 4.71. The predicted molar refractivity (Wildman–Crippen MR) is 62.6 cm³/mol. The summed E-state index contributed by atoms with van der Waals surface area (Å²) in [5.74, 6) is -0.546. The number of rotatable bonds is 4. The van der Waals surface area contributed by atoms with Crippen LogP contribution in [0.2, 0.25) is 0 Å². The SMILES string of the molecule is [2H]C([2H])(Oc1ccn(C(=O)O)n1)C([2H])([2H])C1C2(CC2)C12CC2. The van der Waals surface area contributed by atoms with Crippen LogP contribution in [0.3, 0.4) is 0 Å². The van der Waals surface area contributed by atoms with E-state index in [1.165, 1.54) is 6.07 Å². The lowest BCUT2D eigenvalue weighted by Crippen LogP contribution is -2.08. The van der Waals surface area contributed by atoms with Crippen molar-refractivity contribution in [1.82, 2.24) is 9.78 Å². The summed E-state index contributed by atoms with van der Waals surface area (Å²) in [5, 5.41) is 12.4. The zero-order valence-electron chi connectivity index (χ0n) is 13.7. The van der Waals surface area contributed by atoms with Gasteiger partial charge in [-0.1, -0.05) is 0 Å². The van der Waals surface area contributed by atoms with Gasteiger partial charge in [-0.15, -0.1) is 5.10 Å². The van der Waals surface area contributed by atoms with Gasteiger partial charge in [0.1, 0.15) is 0 Å². The summed E-state index contributed by atoms with van der Waals surface area (Å²) < 4.78 is 38.4. The number of carboxylic acid groups (broad SMARTS) is 1. The van der Waals surface area contributed by atoms with Crippen LogP contribution in [0.4, 0.5) is 4.79 Å². The van der Waals surface area contributed by atoms with Crippen LogP contribution in [0.15, 0.2) is 12.3 Å². The average Bonchev–Trinajstić information content (AvgIpc) is 3.35. The van der Waals surface area contributed by atoms with Gasteiger partial charge in [0.25, 0.3) is 0 Å². The first kappa shape index (κ1) is 7.16. The molecule has 0 saturated heterocycles. The predicted octanol–water partition coefficient (Wildman–Crippen LogP) is 2.37. The Labute approximate surface area is 110 Å². The van der Waals surface area contributed by atoms with Crippen molar-refractivity contribution in [1.29, 1.82) is 0 Å². The number of nitrogens with zero attached hydrogens (tertiary/aromatic N) is 2. The molecule has 3 saturated carbocycles. The second kappa shape index (κ2) is 3.08. The maximum atomic E-state index is 10.8. The van der Waals surface area contributed by atoms with E-state index in [0.29, 0.717) is 4.68 Å². The second-order valence-corrected chi connectivity index (χ2v) is 5.47. The highest BCUT2D eigenvalue weighted by Crippen LogP contribution is 2.93. The smallest absolute Gasteiger partial charge is 0.432 e. The summed E-state index contributed by atoms with van der Waals surface area (Å²) in [6.45, 7) is -2.56. The van der Waals surface area contributed by atoms with E-state index in [9.17, 15) is 4.79 Å². The molecule has 2 spiro atoms. The average molecular weight is 252 g/mol. The first-order chi connectivity index (χ1) is 10.2. The monoisotopic (exact) mass is 252 g/mol. The third-order valence-electron chi connectivity index (χ3n) is 4.71. The molecule has 0 aromatic carbocycles. The molecule has 3 fully saturated rings. The largest absolute Gasteiger partial charge is 0.477 e. The van der Waals surface area contributed by atoms with Gasteiger partial charge in [-0.2, -0.15) is 4.68 Å². The minimum atomic E-state index is -2.56. The van der Waals surface area contributed by atoms with Gasteiger partial charge in [0.15, 0.2) is 0 Å². The first-order valence-corrected chi connectivity index (χ1v) is 6.14. The highest BCUT2D eigenvalue weighted by atomic mass is 16.5. The van der Waals surface area contributed by atoms with Gasteiger partial charge in [-0.3, -0.25) is 0 Å². The number of ether oxygens (including phenoxy) is 1. The fourth-order valence-electron chi connectivity index (χ4n) is 3.47. The lowest BCUT2D eigenvalue weighted by Gasteiger charge is -2.01. The molecule has 3 aliphatic carbocycles. The molecule has 4 rings (SSSR count). The van der Waals surface area contributed by atoms with Crippen molar-refractivity contribution >= 4 is 6.09 Å². The molecule has 1 heterocycles. The number of aromatic nitrogens is 2. The maximum absolute atomic E-state index is 10.8. The summed E-state index contributed by atoms with van der Waals surface area (Å²) in [5.41, 5.74) is -0.0126. The van der Waals surface area contributed by atoms with E-state index in [4.69, 9.17) is 15.3 Å². The van der Waals surface area contributed by atoms with Crippen LogP contribution >= 0.6 is 0 Å². The molecule has 0 atom stereocenters. The Morgan fingerprint density at radius 3 is 2.72 bits per heavy atom. The van der Waals surface area contributed by atoms with Crippen LogP contribution < -0.4 is 4.74 Å². The standard InChI is InChI=1S/C13H16N2O3/c16-11(17)15-7-1-10(14-15)18-8-2-9-12(3-4-12)13(9)5-6-13/h1,7,9H,2-6,8H2,(H,16,17)/i2D2,8D2. The quantitative estimate of drug-likeness (QED) is 0.893. The molecule has 0 amide bonds. The van der Waals surface area contributed by atoms with Crippen molar-refractivity contribution in [3.05, 3.63) is 12.3 Å². The van der Waals surface area contributed by atoms with Crippen molar-refractivity contribution in [2.75, 3.05) is 6.56 Å². The van der Waals surface area contributed by atoms with Crippen LogP contribution in [0.25, 0.3) is 0 Å². The molecule has 3 aliphatic rings. The van der Waals surface area contributed by atoms with Gasteiger partial charge in [-0.25, -0.2) is 4.79 Å². The van der Waals surface area contributed by atoms with Crippen LogP contribution in [0, 0.1) is 16.7 Å².